The molecule has 0 aliphatic heterocycles. The van der Waals surface area contributed by atoms with E-state index in [1.807, 2.05) is 0 Å². The first-order valence-electron chi connectivity index (χ1n) is 4.27. The van der Waals surface area contributed by atoms with Crippen LogP contribution in [-0.2, 0) is 4.79 Å². The van der Waals surface area contributed by atoms with Crippen molar-refractivity contribution in [2.24, 2.45) is 0 Å². The molecule has 0 heterocycles. The lowest BCUT2D eigenvalue weighted by Crippen LogP contribution is -2.23. The van der Waals surface area contributed by atoms with Crippen LogP contribution in [0.4, 0.5) is 4.39 Å². The van der Waals surface area contributed by atoms with E-state index in [0.29, 0.717) is 0 Å². The molecule has 0 saturated heterocycles. The van der Waals surface area contributed by atoms with Crippen LogP contribution in [-0.4, -0.2) is 17.2 Å². The van der Waals surface area contributed by atoms with Crippen LogP contribution in [0.1, 0.15) is 12.5 Å². The number of ether oxygens (including phenoxy) is 1. The van der Waals surface area contributed by atoms with Gasteiger partial charge in [0, 0.05) is 5.56 Å². The van der Waals surface area contributed by atoms with Gasteiger partial charge in [-0.15, -0.1) is 0 Å². The van der Waals surface area contributed by atoms with E-state index >= 15 is 0 Å². The minimum atomic E-state index is -1.10. The van der Waals surface area contributed by atoms with E-state index in [1.165, 1.54) is 26.0 Å². The van der Waals surface area contributed by atoms with Gasteiger partial charge in [-0.3, -0.25) is 0 Å². The van der Waals surface area contributed by atoms with Crippen molar-refractivity contribution in [1.29, 1.82) is 0 Å². The maximum absolute atomic E-state index is 13.0. The van der Waals surface area contributed by atoms with Gasteiger partial charge in [-0.1, -0.05) is 11.6 Å². The van der Waals surface area contributed by atoms with Gasteiger partial charge < -0.3 is 9.84 Å². The second-order valence-corrected chi connectivity index (χ2v) is 3.46. The molecule has 0 bridgehead atoms. The van der Waals surface area contributed by atoms with Crippen molar-refractivity contribution >= 4 is 17.6 Å². The Morgan fingerprint density at radius 3 is 2.73 bits per heavy atom. The molecule has 0 fully saturated rings. The summed E-state index contributed by atoms with van der Waals surface area (Å²) in [5, 5.41) is 8.72. The summed E-state index contributed by atoms with van der Waals surface area (Å²) in [5.74, 6) is -1.38. The third kappa shape index (κ3) is 2.59. The molecule has 0 saturated carbocycles. The van der Waals surface area contributed by atoms with Crippen molar-refractivity contribution in [3.8, 4) is 5.75 Å². The quantitative estimate of drug-likeness (QED) is 0.872. The maximum atomic E-state index is 13.0. The van der Waals surface area contributed by atoms with Crippen LogP contribution in [0.2, 0.25) is 5.02 Å². The van der Waals surface area contributed by atoms with Crippen LogP contribution < -0.4 is 4.74 Å². The molecular weight excluding hydrogens is 223 g/mol. The molecule has 1 aromatic rings. The Balaban J connectivity index is 2.97. The number of carboxylic acid groups (broad SMARTS) is 1. The van der Waals surface area contributed by atoms with Gasteiger partial charge in [-0.25, -0.2) is 9.18 Å². The van der Waals surface area contributed by atoms with Crippen molar-refractivity contribution in [1.82, 2.24) is 0 Å². The summed E-state index contributed by atoms with van der Waals surface area (Å²) >= 11 is 5.79. The van der Waals surface area contributed by atoms with Crippen molar-refractivity contribution in [3.63, 3.8) is 0 Å². The summed E-state index contributed by atoms with van der Waals surface area (Å²) in [6.07, 6.45) is -1.02. The SMILES string of the molecule is Cc1c(F)ccc(OC(C)C(=O)O)c1Cl. The molecule has 1 rings (SSSR count). The maximum Gasteiger partial charge on any atom is 0.344 e. The highest BCUT2D eigenvalue weighted by Gasteiger charge is 2.16. The van der Waals surface area contributed by atoms with E-state index in [9.17, 15) is 9.18 Å². The first-order valence-corrected chi connectivity index (χ1v) is 4.65. The number of carboxylic acids is 1. The van der Waals surface area contributed by atoms with Crippen LogP contribution in [0.5, 0.6) is 5.75 Å². The number of hydrogen-bond donors (Lipinski definition) is 1. The van der Waals surface area contributed by atoms with Gasteiger partial charge >= 0.3 is 5.97 Å². The zero-order valence-corrected chi connectivity index (χ0v) is 9.01. The minimum Gasteiger partial charge on any atom is -0.479 e. The van der Waals surface area contributed by atoms with Gasteiger partial charge in [0.05, 0.1) is 5.02 Å². The summed E-state index contributed by atoms with van der Waals surface area (Å²) in [7, 11) is 0. The molecule has 5 heteroatoms. The molecule has 1 aromatic carbocycles. The summed E-state index contributed by atoms with van der Waals surface area (Å²) < 4.78 is 18.0. The van der Waals surface area contributed by atoms with E-state index in [2.05, 4.69) is 0 Å². The molecule has 0 aromatic heterocycles. The van der Waals surface area contributed by atoms with Crippen LogP contribution in [0.25, 0.3) is 0 Å². The molecule has 0 spiro atoms. The van der Waals surface area contributed by atoms with Crippen molar-refractivity contribution in [2.75, 3.05) is 0 Å². The first-order chi connectivity index (χ1) is 6.93. The van der Waals surface area contributed by atoms with Crippen LogP contribution in [0.3, 0.4) is 0 Å². The largest absolute Gasteiger partial charge is 0.479 e. The summed E-state index contributed by atoms with van der Waals surface area (Å²) in [4.78, 5) is 10.5. The summed E-state index contributed by atoms with van der Waals surface area (Å²) in [6, 6.07) is 2.50. The van der Waals surface area contributed by atoms with Crippen molar-refractivity contribution in [2.45, 2.75) is 20.0 Å². The number of carbonyl (C=O) groups is 1. The Labute approximate surface area is 91.4 Å². The van der Waals surface area contributed by atoms with Gasteiger partial charge in [0.15, 0.2) is 6.10 Å². The molecule has 15 heavy (non-hydrogen) atoms. The second-order valence-electron chi connectivity index (χ2n) is 3.08. The molecule has 0 aliphatic rings. The zero-order valence-electron chi connectivity index (χ0n) is 8.25. The number of halogens is 2. The second kappa shape index (κ2) is 4.49. The topological polar surface area (TPSA) is 46.5 Å². The molecule has 82 valence electrons. The fourth-order valence-corrected chi connectivity index (χ4v) is 1.17. The third-order valence-corrected chi connectivity index (χ3v) is 2.41. The van der Waals surface area contributed by atoms with Crippen molar-refractivity contribution < 1.29 is 19.0 Å². The Morgan fingerprint density at radius 1 is 1.60 bits per heavy atom. The molecule has 0 amide bonds. The molecule has 1 atom stereocenters. The van der Waals surface area contributed by atoms with Crippen molar-refractivity contribution in [3.05, 3.63) is 28.5 Å². The van der Waals surface area contributed by atoms with Crippen LogP contribution >= 0.6 is 11.6 Å². The summed E-state index contributed by atoms with van der Waals surface area (Å²) in [6.45, 7) is 2.87. The lowest BCUT2D eigenvalue weighted by atomic mass is 10.2. The van der Waals surface area contributed by atoms with Gasteiger partial charge in [0.2, 0.25) is 0 Å². The lowest BCUT2D eigenvalue weighted by Gasteiger charge is -2.13. The molecule has 1 N–H and O–H groups in total. The molecular formula is C10H10ClFO3. The van der Waals surface area contributed by atoms with E-state index < -0.39 is 17.9 Å². The van der Waals surface area contributed by atoms with E-state index in [-0.39, 0.29) is 16.3 Å². The molecule has 1 unspecified atom stereocenters. The standard InChI is InChI=1S/C10H10ClFO3/c1-5-7(12)3-4-8(9(5)11)15-6(2)10(13)14/h3-4,6H,1-2H3,(H,13,14). The average Bonchev–Trinajstić information content (AvgIpc) is 2.18. The predicted octanol–water partition coefficient (Wildman–Crippen LogP) is 2.64. The Morgan fingerprint density at radius 2 is 2.20 bits per heavy atom. The predicted molar refractivity (Wildman–Crippen MR) is 53.9 cm³/mol. The summed E-state index contributed by atoms with van der Waals surface area (Å²) in [5.41, 5.74) is 0.242. The Bertz CT molecular complexity index is 392. The van der Waals surface area contributed by atoms with E-state index in [1.54, 1.807) is 0 Å². The Hall–Kier alpha value is -1.29. The lowest BCUT2D eigenvalue weighted by molar-refractivity contribution is -0.144. The highest BCUT2D eigenvalue weighted by Crippen LogP contribution is 2.30. The van der Waals surface area contributed by atoms with E-state index in [0.717, 1.165) is 0 Å². The molecule has 0 aliphatic carbocycles. The fourth-order valence-electron chi connectivity index (χ4n) is 0.969. The molecule has 3 nitrogen and oxygen atoms in total. The van der Waals surface area contributed by atoms with Crippen LogP contribution in [0, 0.1) is 12.7 Å². The average molecular weight is 233 g/mol. The van der Waals surface area contributed by atoms with Gasteiger partial charge in [-0.05, 0) is 26.0 Å². The van der Waals surface area contributed by atoms with Gasteiger partial charge in [0.1, 0.15) is 11.6 Å². The number of hydrogen-bond acceptors (Lipinski definition) is 2. The highest BCUT2D eigenvalue weighted by atomic mass is 35.5. The number of benzene rings is 1. The van der Waals surface area contributed by atoms with Crippen LogP contribution in [0.15, 0.2) is 12.1 Å². The smallest absolute Gasteiger partial charge is 0.344 e. The number of rotatable bonds is 3. The zero-order chi connectivity index (χ0) is 11.6. The van der Waals surface area contributed by atoms with Gasteiger partial charge in [-0.2, -0.15) is 0 Å². The fraction of sp³-hybridized carbons (Fsp3) is 0.300. The highest BCUT2D eigenvalue weighted by molar-refractivity contribution is 6.32. The Kier molecular flexibility index (Phi) is 3.52. The van der Waals surface area contributed by atoms with Gasteiger partial charge in [0.25, 0.3) is 0 Å². The third-order valence-electron chi connectivity index (χ3n) is 1.94. The van der Waals surface area contributed by atoms with E-state index in [4.69, 9.17) is 21.4 Å². The monoisotopic (exact) mass is 232 g/mol. The molecule has 0 radical (unpaired) electrons. The normalized spacial score (nSPS) is 12.3. The minimum absolute atomic E-state index is 0.100. The number of aliphatic carboxylic acids is 1. The first kappa shape index (κ1) is 11.8.